The Morgan fingerprint density at radius 2 is 1.54 bits per heavy atom. The summed E-state index contributed by atoms with van der Waals surface area (Å²) in [4.78, 5) is 7.39. The number of allylic oxidation sites excluding steroid dienone is 2. The quantitative estimate of drug-likeness (QED) is 0.121. The van der Waals surface area contributed by atoms with Gasteiger partial charge in [0.25, 0.3) is 0 Å². The first-order chi connectivity index (χ1) is 13.3. The molecule has 0 saturated heterocycles. The summed E-state index contributed by atoms with van der Waals surface area (Å²) in [6.07, 6.45) is -6.55. The molecule has 0 bridgehead atoms. The van der Waals surface area contributed by atoms with Gasteiger partial charge in [0.2, 0.25) is 11.7 Å². The summed E-state index contributed by atoms with van der Waals surface area (Å²) in [6.45, 7) is -0.772. The molecular formula is C15H22F6O7. The molecule has 0 aromatic carbocycles. The first-order valence-electron chi connectivity index (χ1n) is 7.99. The largest absolute Gasteiger partial charge is 0.437 e. The highest BCUT2D eigenvalue weighted by molar-refractivity contribution is 5.22. The molecule has 2 N–H and O–H groups in total. The maximum absolute atomic E-state index is 13.1. The van der Waals surface area contributed by atoms with Crippen LogP contribution in [0.5, 0.6) is 0 Å². The Morgan fingerprint density at radius 1 is 0.929 bits per heavy atom. The molecule has 0 spiro atoms. The Morgan fingerprint density at radius 3 is 2.11 bits per heavy atom. The second-order valence-electron chi connectivity index (χ2n) is 4.95. The molecule has 0 aliphatic heterocycles. The highest BCUT2D eigenvalue weighted by Gasteiger charge is 2.42. The van der Waals surface area contributed by atoms with Gasteiger partial charge in [-0.3, -0.25) is 0 Å². The number of hydrogen-bond acceptors (Lipinski definition) is 7. The van der Waals surface area contributed by atoms with Crippen molar-refractivity contribution in [1.82, 2.24) is 0 Å². The van der Waals surface area contributed by atoms with E-state index in [0.717, 1.165) is 0 Å². The molecule has 0 radical (unpaired) electrons. The number of halogens is 6. The standard InChI is InChI=1S/C15H22F6O7/c16-8-12(17)13(18)14(19)15(20,21)28-27-5-1-4-24-9-11(26-7-3-23)10-25-6-2-22/h8,11,22-23H,1-7,9-10H2/b12-8-,14-13+. The zero-order chi connectivity index (χ0) is 21.4. The van der Waals surface area contributed by atoms with E-state index in [9.17, 15) is 26.3 Å². The summed E-state index contributed by atoms with van der Waals surface area (Å²) < 4.78 is 91.4. The Balaban J connectivity index is 4.11. The summed E-state index contributed by atoms with van der Waals surface area (Å²) in [5.41, 5.74) is 0. The van der Waals surface area contributed by atoms with E-state index in [4.69, 9.17) is 24.4 Å². The lowest BCUT2D eigenvalue weighted by Gasteiger charge is -2.17. The predicted molar refractivity (Wildman–Crippen MR) is 81.7 cm³/mol. The van der Waals surface area contributed by atoms with Crippen LogP contribution in [0.4, 0.5) is 26.3 Å². The van der Waals surface area contributed by atoms with Gasteiger partial charge in [0, 0.05) is 6.61 Å². The van der Waals surface area contributed by atoms with Gasteiger partial charge in [-0.05, 0) is 6.42 Å². The number of hydrogen-bond donors (Lipinski definition) is 2. The molecule has 0 heterocycles. The average Bonchev–Trinajstić information content (AvgIpc) is 2.68. The van der Waals surface area contributed by atoms with Crippen LogP contribution in [0, 0.1) is 0 Å². The summed E-state index contributed by atoms with van der Waals surface area (Å²) in [6, 6.07) is 0. The lowest BCUT2D eigenvalue weighted by atomic mass is 10.4. The van der Waals surface area contributed by atoms with E-state index in [1.54, 1.807) is 0 Å². The number of aliphatic hydroxyl groups excluding tert-OH is 2. The zero-order valence-electron chi connectivity index (χ0n) is 14.7. The van der Waals surface area contributed by atoms with Crippen molar-refractivity contribution in [3.63, 3.8) is 0 Å². The Kier molecular flexibility index (Phi) is 15.0. The first-order valence-corrected chi connectivity index (χ1v) is 7.99. The van der Waals surface area contributed by atoms with Crippen molar-refractivity contribution < 1.29 is 60.5 Å². The normalized spacial score (nSPS) is 14.9. The Hall–Kier alpha value is -1.22. The van der Waals surface area contributed by atoms with Gasteiger partial charge in [-0.2, -0.15) is 18.1 Å². The number of aliphatic hydroxyl groups is 2. The molecule has 1 atom stereocenters. The highest BCUT2D eigenvalue weighted by Crippen LogP contribution is 2.33. The molecule has 0 aromatic heterocycles. The molecule has 0 fully saturated rings. The Labute approximate surface area is 157 Å². The van der Waals surface area contributed by atoms with Crippen molar-refractivity contribution in [3.8, 4) is 0 Å². The lowest BCUT2D eigenvalue weighted by Crippen LogP contribution is -2.28. The van der Waals surface area contributed by atoms with Crippen molar-refractivity contribution in [3.05, 3.63) is 23.8 Å². The minimum absolute atomic E-state index is 0.00709. The van der Waals surface area contributed by atoms with Gasteiger partial charge in [0.1, 0.15) is 12.4 Å². The van der Waals surface area contributed by atoms with Crippen molar-refractivity contribution >= 4 is 0 Å². The van der Waals surface area contributed by atoms with E-state index in [-0.39, 0.29) is 52.7 Å². The van der Waals surface area contributed by atoms with E-state index in [2.05, 4.69) is 9.78 Å². The van der Waals surface area contributed by atoms with Crippen molar-refractivity contribution in [2.24, 2.45) is 0 Å². The molecule has 0 saturated carbocycles. The summed E-state index contributed by atoms with van der Waals surface area (Å²) in [5.74, 6) is -8.20. The summed E-state index contributed by atoms with van der Waals surface area (Å²) >= 11 is 0. The van der Waals surface area contributed by atoms with E-state index in [1.165, 1.54) is 0 Å². The topological polar surface area (TPSA) is 86.6 Å². The van der Waals surface area contributed by atoms with E-state index >= 15 is 0 Å². The fourth-order valence-corrected chi connectivity index (χ4v) is 1.51. The number of rotatable bonds is 17. The lowest BCUT2D eigenvalue weighted by molar-refractivity contribution is -0.429. The van der Waals surface area contributed by atoms with Crippen LogP contribution >= 0.6 is 0 Å². The monoisotopic (exact) mass is 428 g/mol. The minimum atomic E-state index is -4.96. The molecule has 0 aliphatic rings. The van der Waals surface area contributed by atoms with Gasteiger partial charge in [-0.25, -0.2) is 18.1 Å². The van der Waals surface area contributed by atoms with Crippen molar-refractivity contribution in [1.29, 1.82) is 0 Å². The van der Waals surface area contributed by atoms with E-state index < -0.39 is 42.6 Å². The molecule has 166 valence electrons. The van der Waals surface area contributed by atoms with Gasteiger partial charge in [-0.1, -0.05) is 0 Å². The summed E-state index contributed by atoms with van der Waals surface area (Å²) in [5, 5.41) is 17.3. The van der Waals surface area contributed by atoms with Crippen LogP contribution in [0.3, 0.4) is 0 Å². The van der Waals surface area contributed by atoms with Crippen LogP contribution in [0.2, 0.25) is 0 Å². The van der Waals surface area contributed by atoms with Crippen LogP contribution in [0.1, 0.15) is 6.42 Å². The van der Waals surface area contributed by atoms with E-state index in [1.807, 2.05) is 0 Å². The van der Waals surface area contributed by atoms with Crippen molar-refractivity contribution in [2.45, 2.75) is 18.6 Å². The SMILES string of the molecule is OCCOCC(COCCCOOC(F)(F)/C(F)=C(F)/C(F)=C/F)OCCO. The van der Waals surface area contributed by atoms with Gasteiger partial charge in [0.15, 0.2) is 5.83 Å². The maximum Gasteiger partial charge on any atom is 0.437 e. The minimum Gasteiger partial charge on any atom is -0.394 e. The third-order valence-electron chi connectivity index (χ3n) is 2.72. The third kappa shape index (κ3) is 11.6. The van der Waals surface area contributed by atoms with Crippen LogP contribution in [-0.2, 0) is 24.0 Å². The molecule has 13 heteroatoms. The molecular weight excluding hydrogens is 406 g/mol. The van der Waals surface area contributed by atoms with Gasteiger partial charge < -0.3 is 24.4 Å². The average molecular weight is 428 g/mol. The maximum atomic E-state index is 13.1. The fraction of sp³-hybridized carbons (Fsp3) is 0.733. The van der Waals surface area contributed by atoms with Crippen LogP contribution < -0.4 is 0 Å². The molecule has 0 rings (SSSR count). The van der Waals surface area contributed by atoms with E-state index in [0.29, 0.717) is 0 Å². The number of ether oxygens (including phenoxy) is 3. The van der Waals surface area contributed by atoms with Crippen LogP contribution in [0.15, 0.2) is 23.8 Å². The molecule has 0 aliphatic carbocycles. The highest BCUT2D eigenvalue weighted by atomic mass is 19.3. The second-order valence-corrected chi connectivity index (χ2v) is 4.95. The van der Waals surface area contributed by atoms with Gasteiger partial charge >= 0.3 is 6.11 Å². The third-order valence-corrected chi connectivity index (χ3v) is 2.72. The molecule has 0 amide bonds. The molecule has 1 unspecified atom stereocenters. The van der Waals surface area contributed by atoms with Gasteiger partial charge in [-0.15, -0.1) is 0 Å². The van der Waals surface area contributed by atoms with Gasteiger partial charge in [0.05, 0.1) is 46.2 Å². The van der Waals surface area contributed by atoms with Crippen molar-refractivity contribution in [2.75, 3.05) is 52.9 Å². The fourth-order valence-electron chi connectivity index (χ4n) is 1.51. The van der Waals surface area contributed by atoms with Crippen LogP contribution in [-0.4, -0.2) is 75.3 Å². The molecule has 28 heavy (non-hydrogen) atoms. The predicted octanol–water partition coefficient (Wildman–Crippen LogP) is 2.25. The smallest absolute Gasteiger partial charge is 0.394 e. The molecule has 7 nitrogen and oxygen atoms in total. The van der Waals surface area contributed by atoms with Crippen LogP contribution in [0.25, 0.3) is 0 Å². The Bertz CT molecular complexity index is 476. The zero-order valence-corrected chi connectivity index (χ0v) is 14.7. The molecule has 0 aromatic rings. The second kappa shape index (κ2) is 15.7. The summed E-state index contributed by atoms with van der Waals surface area (Å²) in [7, 11) is 0. The first kappa shape index (κ1) is 26.8. The number of alkyl halides is 2.